The molecule has 1 aromatic carbocycles. The lowest BCUT2D eigenvalue weighted by Gasteiger charge is -2.27. The molecule has 0 aliphatic heterocycles. The predicted octanol–water partition coefficient (Wildman–Crippen LogP) is 3.11. The summed E-state index contributed by atoms with van der Waals surface area (Å²) in [6, 6.07) is 14.4. The molecule has 0 saturated carbocycles. The van der Waals surface area contributed by atoms with Gasteiger partial charge < -0.3 is 15.5 Å². The smallest absolute Gasteiger partial charge is 0.314 e. The highest BCUT2D eigenvalue weighted by Gasteiger charge is 2.10. The van der Waals surface area contributed by atoms with Gasteiger partial charge in [0.1, 0.15) is 0 Å². The van der Waals surface area contributed by atoms with Gasteiger partial charge in [0.25, 0.3) is 0 Å². The number of rotatable bonds is 7. The second-order valence-corrected chi connectivity index (χ2v) is 6.29. The zero-order chi connectivity index (χ0) is 15.8. The summed E-state index contributed by atoms with van der Waals surface area (Å²) in [7, 11) is 2.04. The van der Waals surface area contributed by atoms with Crippen molar-refractivity contribution >= 4 is 23.1 Å². The summed E-state index contributed by atoms with van der Waals surface area (Å²) < 4.78 is 0. The van der Waals surface area contributed by atoms with Crippen molar-refractivity contribution in [2.75, 3.05) is 25.0 Å². The number of para-hydroxylation sites is 1. The molecule has 2 amide bonds. The normalized spacial score (nSPS) is 11.7. The molecule has 0 aliphatic rings. The number of nitrogens with zero attached hydrogens (tertiary/aromatic N) is 1. The first-order chi connectivity index (χ1) is 10.7. The molecule has 1 heterocycles. The van der Waals surface area contributed by atoms with E-state index in [0.717, 1.165) is 12.1 Å². The number of benzene rings is 1. The quantitative estimate of drug-likeness (QED) is 0.824. The molecule has 0 saturated heterocycles. The molecular weight excluding hydrogens is 294 g/mol. The van der Waals surface area contributed by atoms with Crippen molar-refractivity contribution in [1.29, 1.82) is 0 Å². The van der Waals surface area contributed by atoms with Gasteiger partial charge in [-0.2, -0.15) is 0 Å². The molecule has 1 aromatic heterocycles. The average molecular weight is 317 g/mol. The number of anilines is 1. The van der Waals surface area contributed by atoms with Crippen LogP contribution in [0.25, 0.3) is 0 Å². The van der Waals surface area contributed by atoms with Gasteiger partial charge in [-0.05, 0) is 36.9 Å². The average Bonchev–Trinajstić information content (AvgIpc) is 3.06. The molecule has 1 atom stereocenters. The molecule has 0 radical (unpaired) electrons. The van der Waals surface area contributed by atoms with Gasteiger partial charge in [0.2, 0.25) is 0 Å². The van der Waals surface area contributed by atoms with Gasteiger partial charge in [0.05, 0.1) is 0 Å². The highest BCUT2D eigenvalue weighted by Crippen LogP contribution is 2.13. The van der Waals surface area contributed by atoms with E-state index in [1.54, 1.807) is 11.3 Å². The summed E-state index contributed by atoms with van der Waals surface area (Å²) >= 11 is 1.72. The number of carbonyl (C=O) groups is 1. The molecule has 118 valence electrons. The fourth-order valence-corrected chi connectivity index (χ4v) is 2.82. The summed E-state index contributed by atoms with van der Waals surface area (Å²) in [5.74, 6) is 0. The number of amides is 2. The van der Waals surface area contributed by atoms with Crippen LogP contribution in [0.4, 0.5) is 10.5 Å². The summed E-state index contributed by atoms with van der Waals surface area (Å²) in [6.45, 7) is 3.37. The van der Waals surface area contributed by atoms with E-state index >= 15 is 0 Å². The van der Waals surface area contributed by atoms with Crippen LogP contribution in [0.5, 0.6) is 0 Å². The minimum atomic E-state index is -0.107. The van der Waals surface area contributed by atoms with Gasteiger partial charge in [-0.1, -0.05) is 24.3 Å². The van der Waals surface area contributed by atoms with Crippen LogP contribution in [0.2, 0.25) is 0 Å². The zero-order valence-corrected chi connectivity index (χ0v) is 13.9. The molecule has 2 rings (SSSR count). The van der Waals surface area contributed by atoms with Crippen molar-refractivity contribution in [3.63, 3.8) is 0 Å². The van der Waals surface area contributed by atoms with Crippen LogP contribution in [-0.4, -0.2) is 32.2 Å². The second kappa shape index (κ2) is 8.44. The van der Waals surface area contributed by atoms with Gasteiger partial charge in [-0.25, -0.2) is 4.79 Å². The Kier molecular flexibility index (Phi) is 6.27. The minimum absolute atomic E-state index is 0.107. The maximum absolute atomic E-state index is 11.8. The van der Waals surface area contributed by atoms with Crippen molar-refractivity contribution in [2.24, 2.45) is 0 Å². The summed E-state index contributed by atoms with van der Waals surface area (Å²) in [5.41, 5.74) is 1.15. The van der Waals surface area contributed by atoms with Gasteiger partial charge in [-0.3, -0.25) is 0 Å². The molecule has 1 unspecified atom stereocenters. The zero-order valence-electron chi connectivity index (χ0n) is 13.1. The van der Waals surface area contributed by atoms with Crippen LogP contribution >= 0.6 is 11.3 Å². The molecular formula is C17H23N3OS. The van der Waals surface area contributed by atoms with Crippen molar-refractivity contribution in [1.82, 2.24) is 10.6 Å². The Morgan fingerprint density at radius 3 is 2.64 bits per heavy atom. The van der Waals surface area contributed by atoms with Crippen molar-refractivity contribution < 1.29 is 4.79 Å². The first-order valence-corrected chi connectivity index (χ1v) is 8.36. The van der Waals surface area contributed by atoms with Crippen LogP contribution in [0, 0.1) is 0 Å². The van der Waals surface area contributed by atoms with E-state index in [0.29, 0.717) is 13.1 Å². The van der Waals surface area contributed by atoms with Crippen LogP contribution in [-0.2, 0) is 6.42 Å². The Hall–Kier alpha value is -2.01. The van der Waals surface area contributed by atoms with E-state index < -0.39 is 0 Å². The third kappa shape index (κ3) is 5.07. The van der Waals surface area contributed by atoms with Crippen LogP contribution in [0.1, 0.15) is 11.8 Å². The SMILES string of the molecule is CC(CNC(=O)NCCc1cccs1)N(C)c1ccccc1. The Bertz CT molecular complexity index is 557. The Balaban J connectivity index is 1.67. The lowest BCUT2D eigenvalue weighted by Crippen LogP contribution is -2.44. The second-order valence-electron chi connectivity index (χ2n) is 5.26. The van der Waals surface area contributed by atoms with Crippen LogP contribution in [0.15, 0.2) is 47.8 Å². The lowest BCUT2D eigenvalue weighted by atomic mass is 10.2. The van der Waals surface area contributed by atoms with Crippen molar-refractivity contribution in [2.45, 2.75) is 19.4 Å². The topological polar surface area (TPSA) is 44.4 Å². The van der Waals surface area contributed by atoms with E-state index in [-0.39, 0.29) is 12.1 Å². The van der Waals surface area contributed by atoms with E-state index in [1.165, 1.54) is 4.88 Å². The fraction of sp³-hybridized carbons (Fsp3) is 0.353. The van der Waals surface area contributed by atoms with E-state index in [2.05, 4.69) is 46.0 Å². The Morgan fingerprint density at radius 2 is 1.95 bits per heavy atom. The molecule has 22 heavy (non-hydrogen) atoms. The van der Waals surface area contributed by atoms with Gasteiger partial charge in [0, 0.05) is 36.7 Å². The predicted molar refractivity (Wildman–Crippen MR) is 93.7 cm³/mol. The van der Waals surface area contributed by atoms with Gasteiger partial charge in [-0.15, -0.1) is 11.3 Å². The highest BCUT2D eigenvalue weighted by atomic mass is 32.1. The number of urea groups is 1. The molecule has 2 N–H and O–H groups in total. The highest BCUT2D eigenvalue weighted by molar-refractivity contribution is 7.09. The first-order valence-electron chi connectivity index (χ1n) is 7.49. The number of carbonyl (C=O) groups excluding carboxylic acids is 1. The number of thiophene rings is 1. The molecule has 4 nitrogen and oxygen atoms in total. The Labute approximate surface area is 136 Å². The molecule has 0 aliphatic carbocycles. The van der Waals surface area contributed by atoms with Crippen molar-refractivity contribution in [3.8, 4) is 0 Å². The summed E-state index contributed by atoms with van der Waals surface area (Å²) in [5, 5.41) is 7.87. The molecule has 0 fully saturated rings. The van der Waals surface area contributed by atoms with E-state index in [1.807, 2.05) is 31.3 Å². The monoisotopic (exact) mass is 317 g/mol. The molecule has 5 heteroatoms. The number of nitrogens with one attached hydrogen (secondary N) is 2. The summed E-state index contributed by atoms with van der Waals surface area (Å²) in [6.07, 6.45) is 0.880. The Morgan fingerprint density at radius 1 is 1.18 bits per heavy atom. The number of hydrogen-bond donors (Lipinski definition) is 2. The van der Waals surface area contributed by atoms with E-state index in [9.17, 15) is 4.79 Å². The number of likely N-dealkylation sites (N-methyl/N-ethyl adjacent to an activating group) is 1. The molecule has 0 bridgehead atoms. The minimum Gasteiger partial charge on any atom is -0.370 e. The fourth-order valence-electron chi connectivity index (χ4n) is 2.11. The van der Waals surface area contributed by atoms with Crippen LogP contribution in [0.3, 0.4) is 0 Å². The van der Waals surface area contributed by atoms with Crippen LogP contribution < -0.4 is 15.5 Å². The van der Waals surface area contributed by atoms with Crippen molar-refractivity contribution in [3.05, 3.63) is 52.7 Å². The molecule has 0 spiro atoms. The van der Waals surface area contributed by atoms with E-state index in [4.69, 9.17) is 0 Å². The maximum Gasteiger partial charge on any atom is 0.314 e. The molecule has 2 aromatic rings. The maximum atomic E-state index is 11.8. The van der Waals surface area contributed by atoms with Gasteiger partial charge in [0.15, 0.2) is 0 Å². The summed E-state index contributed by atoms with van der Waals surface area (Å²) in [4.78, 5) is 15.2. The standard InChI is InChI=1S/C17H23N3OS/c1-14(20(2)15-7-4-3-5-8-15)13-19-17(21)18-11-10-16-9-6-12-22-16/h3-9,12,14H,10-11,13H2,1-2H3,(H2,18,19,21). The largest absolute Gasteiger partial charge is 0.370 e. The van der Waals surface area contributed by atoms with Gasteiger partial charge >= 0.3 is 6.03 Å². The third-order valence-electron chi connectivity index (χ3n) is 3.62. The number of hydrogen-bond acceptors (Lipinski definition) is 3. The lowest BCUT2D eigenvalue weighted by molar-refractivity contribution is 0.240. The third-order valence-corrected chi connectivity index (χ3v) is 4.56. The first kappa shape index (κ1) is 16.4.